The Morgan fingerprint density at radius 3 is 2.45 bits per heavy atom. The number of benzene rings is 3. The summed E-state index contributed by atoms with van der Waals surface area (Å²) in [5.74, 6) is -0.142. The lowest BCUT2D eigenvalue weighted by atomic mass is 10.1. The van der Waals surface area contributed by atoms with Crippen molar-refractivity contribution in [2.24, 2.45) is 0 Å². The molecule has 0 unspecified atom stereocenters. The van der Waals surface area contributed by atoms with Crippen LogP contribution in [0.1, 0.15) is 5.56 Å². The zero-order valence-corrected chi connectivity index (χ0v) is 18.5. The lowest BCUT2D eigenvalue weighted by Gasteiger charge is -2.10. The van der Waals surface area contributed by atoms with Crippen LogP contribution in [0.3, 0.4) is 0 Å². The summed E-state index contributed by atoms with van der Waals surface area (Å²) in [5, 5.41) is 17.6. The summed E-state index contributed by atoms with van der Waals surface area (Å²) < 4.78 is 7.00. The third kappa shape index (κ3) is 4.95. The maximum absolute atomic E-state index is 12.9. The number of methoxy groups -OCH3 is 1. The molecule has 0 atom stereocenters. The highest BCUT2D eigenvalue weighted by Crippen LogP contribution is 2.29. The maximum Gasteiger partial charge on any atom is 0.266 e. The van der Waals surface area contributed by atoms with E-state index in [0.717, 1.165) is 11.3 Å². The van der Waals surface area contributed by atoms with Crippen molar-refractivity contribution in [1.82, 2.24) is 9.78 Å². The molecule has 0 saturated carbocycles. The number of aromatic nitrogens is 2. The first-order valence-corrected chi connectivity index (χ1v) is 10.4. The van der Waals surface area contributed by atoms with Crippen LogP contribution in [0.2, 0.25) is 5.02 Å². The summed E-state index contributed by atoms with van der Waals surface area (Å²) in [6, 6.07) is 26.1. The van der Waals surface area contributed by atoms with Crippen LogP contribution in [0.5, 0.6) is 5.75 Å². The van der Waals surface area contributed by atoms with Crippen LogP contribution in [0.15, 0.2) is 90.6 Å². The number of carbonyl (C=O) groups excluding carboxylic acids is 1. The van der Waals surface area contributed by atoms with Gasteiger partial charge in [0.25, 0.3) is 5.91 Å². The molecule has 1 amide bonds. The SMILES string of the molecule is COc1ccc(Cl)cc1NC(=O)/C(C#N)=C/c1cn(-c2ccccc2)nc1-c1ccccc1. The van der Waals surface area contributed by atoms with E-state index in [-0.39, 0.29) is 5.57 Å². The molecule has 0 bridgehead atoms. The van der Waals surface area contributed by atoms with E-state index in [1.54, 1.807) is 29.1 Å². The third-order valence-corrected chi connectivity index (χ3v) is 5.12. The Hall–Kier alpha value is -4.34. The number of nitrogens with zero attached hydrogens (tertiary/aromatic N) is 3. The van der Waals surface area contributed by atoms with Gasteiger partial charge in [-0.2, -0.15) is 10.4 Å². The number of halogens is 1. The lowest BCUT2D eigenvalue weighted by Crippen LogP contribution is -2.14. The van der Waals surface area contributed by atoms with E-state index in [4.69, 9.17) is 21.4 Å². The second kappa shape index (κ2) is 9.86. The number of amides is 1. The summed E-state index contributed by atoms with van der Waals surface area (Å²) in [7, 11) is 1.49. The number of hydrogen-bond acceptors (Lipinski definition) is 4. The molecule has 4 rings (SSSR count). The van der Waals surface area contributed by atoms with Crippen molar-refractivity contribution in [1.29, 1.82) is 5.26 Å². The minimum absolute atomic E-state index is 0.0816. The number of nitriles is 1. The standard InChI is InChI=1S/C26H19ClN4O2/c1-33-24-13-12-21(27)15-23(24)29-26(32)19(16-28)14-20-17-31(22-10-6-3-7-11-22)30-25(20)18-8-4-2-5-9-18/h2-15,17H,1H3,(H,29,32)/b19-14+. The van der Waals surface area contributed by atoms with Gasteiger partial charge >= 0.3 is 0 Å². The van der Waals surface area contributed by atoms with Gasteiger partial charge in [-0.1, -0.05) is 60.1 Å². The Bertz CT molecular complexity index is 1360. The van der Waals surface area contributed by atoms with Gasteiger partial charge in [0, 0.05) is 22.3 Å². The summed E-state index contributed by atoms with van der Waals surface area (Å²) in [5.41, 5.74) is 3.31. The monoisotopic (exact) mass is 454 g/mol. The second-order valence-electron chi connectivity index (χ2n) is 7.05. The highest BCUT2D eigenvalue weighted by molar-refractivity contribution is 6.31. The van der Waals surface area contributed by atoms with Crippen molar-refractivity contribution in [2.75, 3.05) is 12.4 Å². The first-order chi connectivity index (χ1) is 16.1. The van der Waals surface area contributed by atoms with Crippen LogP contribution < -0.4 is 10.1 Å². The van der Waals surface area contributed by atoms with Crippen molar-refractivity contribution in [3.8, 4) is 28.8 Å². The predicted octanol–water partition coefficient (Wildman–Crippen LogP) is 5.75. The first-order valence-electron chi connectivity index (χ1n) is 10.1. The Morgan fingerprint density at radius 1 is 1.09 bits per heavy atom. The van der Waals surface area contributed by atoms with Crippen molar-refractivity contribution in [3.05, 3.63) is 101 Å². The normalized spacial score (nSPS) is 11.0. The van der Waals surface area contributed by atoms with Gasteiger partial charge in [0.05, 0.1) is 24.2 Å². The molecule has 4 aromatic rings. The molecular weight excluding hydrogens is 436 g/mol. The van der Waals surface area contributed by atoms with E-state index in [2.05, 4.69) is 5.32 Å². The fourth-order valence-corrected chi connectivity index (χ4v) is 3.47. The molecule has 3 aromatic carbocycles. The topological polar surface area (TPSA) is 79.9 Å². The number of anilines is 1. The quantitative estimate of drug-likeness (QED) is 0.297. The largest absolute Gasteiger partial charge is 0.495 e. The van der Waals surface area contributed by atoms with Crippen LogP contribution in [0.25, 0.3) is 23.0 Å². The van der Waals surface area contributed by atoms with Crippen LogP contribution in [-0.4, -0.2) is 22.8 Å². The summed E-state index contributed by atoms with van der Waals surface area (Å²) in [4.78, 5) is 12.9. The van der Waals surface area contributed by atoms with Gasteiger partial charge in [0.15, 0.2) is 0 Å². The highest BCUT2D eigenvalue weighted by Gasteiger charge is 2.16. The summed E-state index contributed by atoms with van der Waals surface area (Å²) >= 11 is 6.05. The molecule has 0 spiro atoms. The minimum Gasteiger partial charge on any atom is -0.495 e. The first kappa shape index (κ1) is 21.9. The van der Waals surface area contributed by atoms with E-state index in [1.807, 2.05) is 66.7 Å². The summed E-state index contributed by atoms with van der Waals surface area (Å²) in [6.07, 6.45) is 3.32. The average molecular weight is 455 g/mol. The van der Waals surface area contributed by atoms with Crippen LogP contribution in [0, 0.1) is 11.3 Å². The van der Waals surface area contributed by atoms with E-state index in [0.29, 0.717) is 27.7 Å². The summed E-state index contributed by atoms with van der Waals surface area (Å²) in [6.45, 7) is 0. The number of carbonyl (C=O) groups is 1. The van der Waals surface area contributed by atoms with Gasteiger partial charge in [-0.25, -0.2) is 4.68 Å². The highest BCUT2D eigenvalue weighted by atomic mass is 35.5. The van der Waals surface area contributed by atoms with E-state index in [9.17, 15) is 10.1 Å². The number of ether oxygens (including phenoxy) is 1. The predicted molar refractivity (Wildman–Crippen MR) is 129 cm³/mol. The van der Waals surface area contributed by atoms with Crippen LogP contribution >= 0.6 is 11.6 Å². The Labute approximate surface area is 196 Å². The molecule has 0 aliphatic rings. The van der Waals surface area contributed by atoms with Crippen molar-refractivity contribution >= 4 is 29.3 Å². The zero-order chi connectivity index (χ0) is 23.2. The van der Waals surface area contributed by atoms with Gasteiger partial charge in [-0.15, -0.1) is 0 Å². The molecule has 1 aromatic heterocycles. The Kier molecular flexibility index (Phi) is 6.53. The molecule has 0 fully saturated rings. The van der Waals surface area contributed by atoms with Gasteiger partial charge in [0.2, 0.25) is 0 Å². The Balaban J connectivity index is 1.74. The molecule has 162 valence electrons. The molecule has 1 heterocycles. The van der Waals surface area contributed by atoms with Crippen molar-refractivity contribution in [3.63, 3.8) is 0 Å². The minimum atomic E-state index is -0.579. The molecule has 1 N–H and O–H groups in total. The number of rotatable bonds is 6. The zero-order valence-electron chi connectivity index (χ0n) is 17.7. The number of para-hydroxylation sites is 1. The van der Waals surface area contributed by atoms with Gasteiger partial charge in [-0.3, -0.25) is 4.79 Å². The van der Waals surface area contributed by atoms with Gasteiger partial charge in [0.1, 0.15) is 17.4 Å². The Morgan fingerprint density at radius 2 is 1.79 bits per heavy atom. The lowest BCUT2D eigenvalue weighted by molar-refractivity contribution is -0.112. The van der Waals surface area contributed by atoms with Crippen molar-refractivity contribution in [2.45, 2.75) is 0 Å². The molecule has 0 aliphatic heterocycles. The maximum atomic E-state index is 12.9. The number of nitrogens with one attached hydrogen (secondary N) is 1. The molecule has 0 radical (unpaired) electrons. The second-order valence-corrected chi connectivity index (χ2v) is 7.48. The molecule has 0 saturated heterocycles. The van der Waals surface area contributed by atoms with E-state index < -0.39 is 5.91 Å². The van der Waals surface area contributed by atoms with E-state index in [1.165, 1.54) is 13.2 Å². The van der Waals surface area contributed by atoms with Crippen LogP contribution in [0.4, 0.5) is 5.69 Å². The fraction of sp³-hybridized carbons (Fsp3) is 0.0385. The fourth-order valence-electron chi connectivity index (χ4n) is 3.30. The van der Waals surface area contributed by atoms with Gasteiger partial charge < -0.3 is 10.1 Å². The van der Waals surface area contributed by atoms with E-state index >= 15 is 0 Å². The molecule has 7 heteroatoms. The number of hydrogen-bond donors (Lipinski definition) is 1. The molecule has 0 aliphatic carbocycles. The molecule has 6 nitrogen and oxygen atoms in total. The van der Waals surface area contributed by atoms with Gasteiger partial charge in [-0.05, 0) is 36.4 Å². The van der Waals surface area contributed by atoms with Crippen molar-refractivity contribution < 1.29 is 9.53 Å². The third-order valence-electron chi connectivity index (χ3n) is 4.89. The van der Waals surface area contributed by atoms with Crippen LogP contribution in [-0.2, 0) is 4.79 Å². The smallest absolute Gasteiger partial charge is 0.266 e. The molecule has 33 heavy (non-hydrogen) atoms. The average Bonchev–Trinajstić information content (AvgIpc) is 3.27. The molecular formula is C26H19ClN4O2.